The molecule has 0 aliphatic rings. The van der Waals surface area contributed by atoms with E-state index < -0.39 is 11.7 Å². The summed E-state index contributed by atoms with van der Waals surface area (Å²) < 4.78 is 37.6. The summed E-state index contributed by atoms with van der Waals surface area (Å²) in [6.07, 6.45) is -0.183. The highest BCUT2D eigenvalue weighted by atomic mass is 19.4. The number of benzene rings is 1. The first kappa shape index (κ1) is 12.1. The molecule has 3 heteroatoms. The highest BCUT2D eigenvalue weighted by Crippen LogP contribution is 2.32. The Balaban J connectivity index is 2.78. The van der Waals surface area contributed by atoms with Gasteiger partial charge < -0.3 is 0 Å². The minimum absolute atomic E-state index is 0.384. The number of rotatable bonds is 4. The molecule has 1 aromatic rings. The molecule has 1 radical (unpaired) electrons. The topological polar surface area (TPSA) is 0 Å². The second kappa shape index (κ2) is 5.19. The first-order valence-electron chi connectivity index (χ1n) is 5.02. The van der Waals surface area contributed by atoms with Gasteiger partial charge in [-0.15, -0.1) is 0 Å². The van der Waals surface area contributed by atoms with Crippen molar-refractivity contribution in [2.45, 2.75) is 32.4 Å². The summed E-state index contributed by atoms with van der Waals surface area (Å²) in [6, 6.07) is 5.76. The minimum atomic E-state index is -4.23. The van der Waals surface area contributed by atoms with Gasteiger partial charge in [0, 0.05) is 0 Å². The molecule has 83 valence electrons. The summed E-state index contributed by atoms with van der Waals surface area (Å²) >= 11 is 0. The van der Waals surface area contributed by atoms with Crippen LogP contribution in [0.4, 0.5) is 13.2 Å². The van der Waals surface area contributed by atoms with Crippen LogP contribution in [0, 0.1) is 6.42 Å². The first-order chi connectivity index (χ1) is 7.05. The fraction of sp³-hybridized carbons (Fsp3) is 0.417. The molecule has 0 saturated heterocycles. The molecule has 0 aliphatic heterocycles. The average molecular weight is 215 g/mol. The second-order valence-corrected chi connectivity index (χ2v) is 3.39. The summed E-state index contributed by atoms with van der Waals surface area (Å²) in [5, 5.41) is 0. The number of unbranched alkanes of at least 4 members (excludes halogenated alkanes) is 2. The van der Waals surface area contributed by atoms with Gasteiger partial charge in [-0.3, -0.25) is 0 Å². The molecule has 0 spiro atoms. The average Bonchev–Trinajstić information content (AvgIpc) is 2.17. The van der Waals surface area contributed by atoms with Crippen molar-refractivity contribution in [3.63, 3.8) is 0 Å². The van der Waals surface area contributed by atoms with E-state index >= 15 is 0 Å². The fourth-order valence-electron chi connectivity index (χ4n) is 1.48. The van der Waals surface area contributed by atoms with Crippen LogP contribution in [0.25, 0.3) is 0 Å². The van der Waals surface area contributed by atoms with Gasteiger partial charge in [0.2, 0.25) is 0 Å². The Bertz CT molecular complexity index is 302. The molecule has 0 aromatic heterocycles. The molecule has 15 heavy (non-hydrogen) atoms. The number of aryl methyl sites for hydroxylation is 1. The first-order valence-corrected chi connectivity index (χ1v) is 5.02. The molecule has 0 heterocycles. The van der Waals surface area contributed by atoms with Crippen LogP contribution in [0.5, 0.6) is 0 Å². The molecule has 1 aromatic carbocycles. The van der Waals surface area contributed by atoms with Gasteiger partial charge in [0.15, 0.2) is 0 Å². The second-order valence-electron chi connectivity index (χ2n) is 3.39. The van der Waals surface area contributed by atoms with Gasteiger partial charge in [0.05, 0.1) is 5.56 Å². The van der Waals surface area contributed by atoms with Crippen LogP contribution < -0.4 is 0 Å². The highest BCUT2D eigenvalue weighted by molar-refractivity contribution is 5.29. The molecule has 0 atom stereocenters. The zero-order valence-electron chi connectivity index (χ0n) is 8.64. The SMILES string of the molecule is CC[CH]CCc1ccccc1C(F)(F)F. The lowest BCUT2D eigenvalue weighted by atomic mass is 10.0. The summed E-state index contributed by atoms with van der Waals surface area (Å²) in [5.41, 5.74) is -0.121. The van der Waals surface area contributed by atoms with Crippen molar-refractivity contribution in [3.8, 4) is 0 Å². The molecule has 0 fully saturated rings. The van der Waals surface area contributed by atoms with Gasteiger partial charge in [0.1, 0.15) is 0 Å². The van der Waals surface area contributed by atoms with Crippen LogP contribution in [0.1, 0.15) is 30.9 Å². The largest absolute Gasteiger partial charge is 0.416 e. The van der Waals surface area contributed by atoms with E-state index in [1.165, 1.54) is 6.07 Å². The third-order valence-corrected chi connectivity index (χ3v) is 2.23. The summed E-state index contributed by atoms with van der Waals surface area (Å²) in [7, 11) is 0. The van der Waals surface area contributed by atoms with Gasteiger partial charge in [-0.1, -0.05) is 31.5 Å². The van der Waals surface area contributed by atoms with Gasteiger partial charge >= 0.3 is 6.18 Å². The van der Waals surface area contributed by atoms with E-state index in [-0.39, 0.29) is 0 Å². The van der Waals surface area contributed by atoms with Crippen LogP contribution in [-0.2, 0) is 12.6 Å². The molecule has 1 rings (SSSR count). The van der Waals surface area contributed by atoms with E-state index in [9.17, 15) is 13.2 Å². The predicted molar refractivity (Wildman–Crippen MR) is 54.4 cm³/mol. The fourth-order valence-corrected chi connectivity index (χ4v) is 1.48. The number of alkyl halides is 3. The Labute approximate surface area is 88.1 Å². The Morgan fingerprint density at radius 3 is 2.47 bits per heavy atom. The van der Waals surface area contributed by atoms with Gasteiger partial charge in [0.25, 0.3) is 0 Å². The highest BCUT2D eigenvalue weighted by Gasteiger charge is 2.32. The van der Waals surface area contributed by atoms with Crippen LogP contribution in [0.15, 0.2) is 24.3 Å². The van der Waals surface area contributed by atoms with Crippen molar-refractivity contribution in [2.24, 2.45) is 0 Å². The molecule has 0 nitrogen and oxygen atoms in total. The summed E-state index contributed by atoms with van der Waals surface area (Å²) in [5.74, 6) is 0. The quantitative estimate of drug-likeness (QED) is 0.658. The van der Waals surface area contributed by atoms with Crippen LogP contribution in [-0.4, -0.2) is 0 Å². The molecule has 0 unspecified atom stereocenters. The monoisotopic (exact) mass is 215 g/mol. The maximum Gasteiger partial charge on any atom is 0.416 e. The Kier molecular flexibility index (Phi) is 4.18. The van der Waals surface area contributed by atoms with Crippen LogP contribution >= 0.6 is 0 Å². The predicted octanol–water partition coefficient (Wildman–Crippen LogP) is 4.25. The van der Waals surface area contributed by atoms with Crippen LogP contribution in [0.3, 0.4) is 0 Å². The molecular formula is C12H14F3. The van der Waals surface area contributed by atoms with E-state index in [4.69, 9.17) is 0 Å². The number of hydrogen-bond acceptors (Lipinski definition) is 0. The molecule has 0 saturated carbocycles. The zero-order valence-corrected chi connectivity index (χ0v) is 8.64. The lowest BCUT2D eigenvalue weighted by Crippen LogP contribution is -2.08. The van der Waals surface area contributed by atoms with Gasteiger partial charge in [-0.25, -0.2) is 0 Å². The van der Waals surface area contributed by atoms with E-state index in [0.717, 1.165) is 12.5 Å². The Morgan fingerprint density at radius 1 is 1.20 bits per heavy atom. The zero-order chi connectivity index (χ0) is 11.3. The van der Waals surface area contributed by atoms with Crippen molar-refractivity contribution in [1.29, 1.82) is 0 Å². The molecule has 0 N–H and O–H groups in total. The van der Waals surface area contributed by atoms with Crippen molar-refractivity contribution >= 4 is 0 Å². The third kappa shape index (κ3) is 3.57. The van der Waals surface area contributed by atoms with Gasteiger partial charge in [-0.2, -0.15) is 13.2 Å². The Hall–Kier alpha value is -0.990. The van der Waals surface area contributed by atoms with E-state index in [0.29, 0.717) is 18.4 Å². The number of halogens is 3. The molecule has 0 aliphatic carbocycles. The van der Waals surface area contributed by atoms with Gasteiger partial charge in [-0.05, 0) is 30.9 Å². The lowest BCUT2D eigenvalue weighted by molar-refractivity contribution is -0.138. The van der Waals surface area contributed by atoms with Crippen molar-refractivity contribution in [1.82, 2.24) is 0 Å². The van der Waals surface area contributed by atoms with E-state index in [1.54, 1.807) is 12.1 Å². The van der Waals surface area contributed by atoms with Crippen molar-refractivity contribution < 1.29 is 13.2 Å². The van der Waals surface area contributed by atoms with Crippen molar-refractivity contribution in [3.05, 3.63) is 41.8 Å². The molecule has 0 amide bonds. The third-order valence-electron chi connectivity index (χ3n) is 2.23. The van der Waals surface area contributed by atoms with Crippen molar-refractivity contribution in [2.75, 3.05) is 0 Å². The maximum absolute atomic E-state index is 12.5. The van der Waals surface area contributed by atoms with E-state index in [1.807, 2.05) is 13.3 Å². The summed E-state index contributed by atoms with van der Waals surface area (Å²) in [6.45, 7) is 1.98. The lowest BCUT2D eigenvalue weighted by Gasteiger charge is -2.11. The maximum atomic E-state index is 12.5. The molecule has 0 bridgehead atoms. The normalized spacial score (nSPS) is 11.7. The number of hydrogen-bond donors (Lipinski definition) is 0. The smallest absolute Gasteiger partial charge is 0.166 e. The minimum Gasteiger partial charge on any atom is -0.166 e. The van der Waals surface area contributed by atoms with Crippen LogP contribution in [0.2, 0.25) is 0 Å². The van der Waals surface area contributed by atoms with E-state index in [2.05, 4.69) is 0 Å². The molecular weight excluding hydrogens is 201 g/mol. The summed E-state index contributed by atoms with van der Waals surface area (Å²) in [4.78, 5) is 0. The standard InChI is InChI=1S/C12H14F3/c1-2-3-4-7-10-8-5-6-9-11(10)12(13,14)15/h3,5-6,8-9H,2,4,7H2,1H3. The Morgan fingerprint density at radius 2 is 1.87 bits per heavy atom.